The summed E-state index contributed by atoms with van der Waals surface area (Å²) in [5.41, 5.74) is 7.05. The third-order valence-electron chi connectivity index (χ3n) is 4.12. The van der Waals surface area contributed by atoms with Gasteiger partial charge in [-0.1, -0.05) is 22.9 Å². The molecule has 20 heavy (non-hydrogen) atoms. The van der Waals surface area contributed by atoms with Gasteiger partial charge in [-0.2, -0.15) is 0 Å². The summed E-state index contributed by atoms with van der Waals surface area (Å²) in [5.74, 6) is 0.0127. The molecule has 5 heteroatoms. The number of piperidine rings is 1. The number of hydrogen-bond acceptors (Lipinski definition) is 3. The van der Waals surface area contributed by atoms with Gasteiger partial charge < -0.3 is 15.5 Å². The predicted molar refractivity (Wildman–Crippen MR) is 85.8 cm³/mol. The smallest absolute Gasteiger partial charge is 0.255 e. The number of halogens is 1. The van der Waals surface area contributed by atoms with Gasteiger partial charge in [0.2, 0.25) is 0 Å². The summed E-state index contributed by atoms with van der Waals surface area (Å²) in [5, 5.41) is 0. The Balaban J connectivity index is 2.07. The van der Waals surface area contributed by atoms with Crippen molar-refractivity contribution in [3.63, 3.8) is 0 Å². The topological polar surface area (TPSA) is 49.6 Å². The number of nitrogen functional groups attached to an aromatic ring is 1. The van der Waals surface area contributed by atoms with Crippen LogP contribution in [0.15, 0.2) is 22.7 Å². The van der Waals surface area contributed by atoms with Crippen molar-refractivity contribution in [2.75, 3.05) is 32.4 Å². The number of carbonyl (C=O) groups excluding carboxylic acids is 1. The van der Waals surface area contributed by atoms with E-state index in [0.29, 0.717) is 17.3 Å². The minimum absolute atomic E-state index is 0.0127. The Labute approximate surface area is 129 Å². The number of nitrogens with zero attached hydrogens (tertiary/aromatic N) is 2. The highest BCUT2D eigenvalue weighted by atomic mass is 79.9. The zero-order valence-electron chi connectivity index (χ0n) is 12.1. The van der Waals surface area contributed by atoms with Gasteiger partial charge in [-0.3, -0.25) is 4.79 Å². The fourth-order valence-electron chi connectivity index (χ4n) is 2.69. The van der Waals surface area contributed by atoms with E-state index >= 15 is 0 Å². The van der Waals surface area contributed by atoms with Gasteiger partial charge in [0, 0.05) is 36.3 Å². The number of benzene rings is 1. The van der Waals surface area contributed by atoms with Crippen molar-refractivity contribution in [2.45, 2.75) is 25.8 Å². The lowest BCUT2D eigenvalue weighted by Crippen LogP contribution is -2.45. The average Bonchev–Trinajstić information content (AvgIpc) is 2.48. The van der Waals surface area contributed by atoms with Gasteiger partial charge in [0.05, 0.1) is 5.56 Å². The quantitative estimate of drug-likeness (QED) is 0.861. The van der Waals surface area contributed by atoms with Crippen molar-refractivity contribution in [1.82, 2.24) is 9.80 Å². The normalized spacial score (nSPS) is 17.1. The average molecular weight is 340 g/mol. The van der Waals surface area contributed by atoms with Gasteiger partial charge in [-0.15, -0.1) is 0 Å². The van der Waals surface area contributed by atoms with E-state index in [-0.39, 0.29) is 5.91 Å². The Hall–Kier alpha value is -1.07. The monoisotopic (exact) mass is 339 g/mol. The van der Waals surface area contributed by atoms with E-state index in [9.17, 15) is 4.79 Å². The molecule has 1 fully saturated rings. The zero-order valence-corrected chi connectivity index (χ0v) is 13.7. The number of likely N-dealkylation sites (tertiary alicyclic amines) is 1. The first-order valence-corrected chi connectivity index (χ1v) is 7.86. The van der Waals surface area contributed by atoms with Crippen LogP contribution in [-0.4, -0.2) is 48.4 Å². The molecule has 1 aromatic carbocycles. The molecular weight excluding hydrogens is 318 g/mol. The molecule has 0 atom stereocenters. The summed E-state index contributed by atoms with van der Waals surface area (Å²) in [4.78, 5) is 16.9. The Morgan fingerprint density at radius 2 is 2.10 bits per heavy atom. The van der Waals surface area contributed by atoms with Crippen LogP contribution in [0.3, 0.4) is 0 Å². The van der Waals surface area contributed by atoms with Gasteiger partial charge >= 0.3 is 0 Å². The molecular formula is C15H22BrN3O. The third kappa shape index (κ3) is 3.33. The standard InChI is InChI=1S/C15H22BrN3O/c1-3-19-8-6-12(7-9-19)18(2)15(20)13-10-11(16)4-5-14(13)17/h4-5,10,12H,3,6-9,17H2,1-2H3. The highest BCUT2D eigenvalue weighted by Crippen LogP contribution is 2.23. The van der Waals surface area contributed by atoms with Gasteiger partial charge in [-0.25, -0.2) is 0 Å². The van der Waals surface area contributed by atoms with Crippen LogP contribution in [0.25, 0.3) is 0 Å². The molecule has 0 aliphatic carbocycles. The first-order valence-electron chi connectivity index (χ1n) is 7.07. The van der Waals surface area contributed by atoms with E-state index < -0.39 is 0 Å². The highest BCUT2D eigenvalue weighted by Gasteiger charge is 2.26. The van der Waals surface area contributed by atoms with E-state index in [2.05, 4.69) is 27.8 Å². The first kappa shape index (κ1) is 15.3. The summed E-state index contributed by atoms with van der Waals surface area (Å²) in [7, 11) is 1.88. The maximum absolute atomic E-state index is 12.6. The van der Waals surface area contributed by atoms with Crippen molar-refractivity contribution in [3.8, 4) is 0 Å². The van der Waals surface area contributed by atoms with Crippen molar-refractivity contribution in [2.24, 2.45) is 0 Å². The minimum atomic E-state index is 0.0127. The van der Waals surface area contributed by atoms with Crippen LogP contribution < -0.4 is 5.73 Å². The van der Waals surface area contributed by atoms with Crippen LogP contribution >= 0.6 is 15.9 Å². The SMILES string of the molecule is CCN1CCC(N(C)C(=O)c2cc(Br)ccc2N)CC1. The van der Waals surface area contributed by atoms with Crippen molar-refractivity contribution >= 4 is 27.5 Å². The molecule has 4 nitrogen and oxygen atoms in total. The van der Waals surface area contributed by atoms with Gasteiger partial charge in [0.25, 0.3) is 5.91 Å². The second-order valence-corrected chi connectivity index (χ2v) is 6.23. The van der Waals surface area contributed by atoms with Gasteiger partial charge in [0.15, 0.2) is 0 Å². The molecule has 1 saturated heterocycles. The Morgan fingerprint density at radius 1 is 1.45 bits per heavy atom. The van der Waals surface area contributed by atoms with Crippen LogP contribution in [0.2, 0.25) is 0 Å². The second-order valence-electron chi connectivity index (χ2n) is 5.31. The molecule has 0 bridgehead atoms. The van der Waals surface area contributed by atoms with Crippen LogP contribution in [0.1, 0.15) is 30.1 Å². The molecule has 2 N–H and O–H groups in total. The molecule has 1 heterocycles. The van der Waals surface area contributed by atoms with Crippen LogP contribution in [0.4, 0.5) is 5.69 Å². The van der Waals surface area contributed by atoms with E-state index in [4.69, 9.17) is 5.73 Å². The molecule has 2 rings (SSSR count). The van der Waals surface area contributed by atoms with Crippen LogP contribution in [0.5, 0.6) is 0 Å². The maximum atomic E-state index is 12.6. The summed E-state index contributed by atoms with van der Waals surface area (Å²) in [6.07, 6.45) is 2.06. The van der Waals surface area contributed by atoms with Crippen molar-refractivity contribution in [3.05, 3.63) is 28.2 Å². The number of carbonyl (C=O) groups is 1. The molecule has 0 saturated carbocycles. The summed E-state index contributed by atoms with van der Waals surface area (Å²) >= 11 is 3.39. The molecule has 110 valence electrons. The molecule has 0 aromatic heterocycles. The molecule has 0 radical (unpaired) electrons. The number of hydrogen-bond donors (Lipinski definition) is 1. The van der Waals surface area contributed by atoms with Crippen LogP contribution in [0, 0.1) is 0 Å². The van der Waals surface area contributed by atoms with Crippen LogP contribution in [-0.2, 0) is 0 Å². The Kier molecular flexibility index (Phi) is 5.05. The van der Waals surface area contributed by atoms with E-state index in [0.717, 1.165) is 36.9 Å². The lowest BCUT2D eigenvalue weighted by Gasteiger charge is -2.36. The number of nitrogens with two attached hydrogens (primary N) is 1. The van der Waals surface area contributed by atoms with Crippen molar-refractivity contribution in [1.29, 1.82) is 0 Å². The van der Waals surface area contributed by atoms with E-state index in [1.54, 1.807) is 12.1 Å². The van der Waals surface area contributed by atoms with Gasteiger partial charge in [0.1, 0.15) is 0 Å². The molecule has 1 aliphatic heterocycles. The Morgan fingerprint density at radius 3 is 2.70 bits per heavy atom. The molecule has 1 aromatic rings. The number of anilines is 1. The maximum Gasteiger partial charge on any atom is 0.255 e. The fourth-order valence-corrected chi connectivity index (χ4v) is 3.05. The lowest BCUT2D eigenvalue weighted by molar-refractivity contribution is 0.0648. The third-order valence-corrected chi connectivity index (χ3v) is 4.61. The molecule has 1 amide bonds. The predicted octanol–water partition coefficient (Wildman–Crippen LogP) is 2.59. The minimum Gasteiger partial charge on any atom is -0.398 e. The van der Waals surface area contributed by atoms with E-state index in [1.807, 2.05) is 18.0 Å². The zero-order chi connectivity index (χ0) is 14.7. The summed E-state index contributed by atoms with van der Waals surface area (Å²) < 4.78 is 0.879. The lowest BCUT2D eigenvalue weighted by atomic mass is 10.0. The summed E-state index contributed by atoms with van der Waals surface area (Å²) in [6, 6.07) is 5.73. The Bertz CT molecular complexity index is 484. The van der Waals surface area contributed by atoms with E-state index in [1.165, 1.54) is 0 Å². The summed E-state index contributed by atoms with van der Waals surface area (Å²) in [6.45, 7) is 5.39. The van der Waals surface area contributed by atoms with Gasteiger partial charge in [-0.05, 0) is 37.6 Å². The second kappa shape index (κ2) is 6.59. The molecule has 0 spiro atoms. The largest absolute Gasteiger partial charge is 0.398 e. The first-order chi connectivity index (χ1) is 9.52. The highest BCUT2D eigenvalue weighted by molar-refractivity contribution is 9.10. The fraction of sp³-hybridized carbons (Fsp3) is 0.533. The molecule has 1 aliphatic rings. The molecule has 0 unspecified atom stereocenters. The van der Waals surface area contributed by atoms with Crippen molar-refractivity contribution < 1.29 is 4.79 Å². The number of rotatable bonds is 3. The number of amides is 1.